The van der Waals surface area contributed by atoms with E-state index in [2.05, 4.69) is 10.5 Å². The molecule has 1 fully saturated rings. The topological polar surface area (TPSA) is 123 Å². The molecule has 0 saturated carbocycles. The third kappa shape index (κ3) is 5.57. The number of carbonyl (C=O) groups is 3. The molecule has 1 aromatic rings. The van der Waals surface area contributed by atoms with Crippen molar-refractivity contribution >= 4 is 23.4 Å². The number of hydrogen-bond acceptors (Lipinski definition) is 6. The average molecular weight is 348 g/mol. The number of benzene rings is 1. The van der Waals surface area contributed by atoms with Crippen LogP contribution < -0.4 is 15.9 Å². The normalized spacial score (nSPS) is 14.8. The molecule has 1 aromatic carbocycles. The lowest BCUT2D eigenvalue weighted by Crippen LogP contribution is -2.42. The minimum absolute atomic E-state index is 0.0406. The highest BCUT2D eigenvalue weighted by Gasteiger charge is 2.17. The maximum atomic E-state index is 12.0. The van der Waals surface area contributed by atoms with Crippen LogP contribution in [-0.2, 0) is 19.1 Å². The van der Waals surface area contributed by atoms with E-state index in [1.54, 1.807) is 36.1 Å². The van der Waals surface area contributed by atoms with E-state index < -0.39 is 11.8 Å². The number of amides is 3. The van der Waals surface area contributed by atoms with Gasteiger partial charge in [0.05, 0.1) is 18.9 Å². The number of hydrazone groups is 1. The first kappa shape index (κ1) is 18.4. The fourth-order valence-electron chi connectivity index (χ4n) is 2.10. The monoisotopic (exact) mass is 348 g/mol. The summed E-state index contributed by atoms with van der Waals surface area (Å²) in [6, 6.07) is 6.83. The maximum Gasteiger partial charge on any atom is 0.329 e. The zero-order valence-corrected chi connectivity index (χ0v) is 13.9. The number of hydrogen-bond donors (Lipinski definition) is 2. The molecule has 0 unspecified atom stereocenters. The number of ether oxygens (including phenoxy) is 2. The van der Waals surface area contributed by atoms with E-state index >= 15 is 0 Å². The Balaban J connectivity index is 1.86. The molecule has 1 heterocycles. The Labute approximate surface area is 144 Å². The van der Waals surface area contributed by atoms with E-state index in [-0.39, 0.29) is 12.5 Å². The van der Waals surface area contributed by atoms with E-state index in [1.807, 2.05) is 0 Å². The molecule has 25 heavy (non-hydrogen) atoms. The first-order valence-corrected chi connectivity index (χ1v) is 7.70. The molecule has 3 N–H and O–H groups in total. The first-order chi connectivity index (χ1) is 12.0. The molecule has 0 spiro atoms. The van der Waals surface area contributed by atoms with E-state index in [0.29, 0.717) is 37.8 Å². The summed E-state index contributed by atoms with van der Waals surface area (Å²) in [7, 11) is 0. The van der Waals surface area contributed by atoms with Crippen LogP contribution in [0.4, 0.5) is 0 Å². The summed E-state index contributed by atoms with van der Waals surface area (Å²) in [4.78, 5) is 35.4. The van der Waals surface area contributed by atoms with Gasteiger partial charge < -0.3 is 20.1 Å². The summed E-state index contributed by atoms with van der Waals surface area (Å²) in [6.45, 7) is 3.87. The van der Waals surface area contributed by atoms with Crippen LogP contribution in [0.2, 0.25) is 0 Å². The Kier molecular flexibility index (Phi) is 6.47. The van der Waals surface area contributed by atoms with Crippen LogP contribution in [-0.4, -0.2) is 61.2 Å². The Morgan fingerprint density at radius 1 is 1.24 bits per heavy atom. The van der Waals surface area contributed by atoms with E-state index in [4.69, 9.17) is 15.2 Å². The molecular weight excluding hydrogens is 328 g/mol. The molecule has 0 bridgehead atoms. The van der Waals surface area contributed by atoms with Crippen LogP contribution in [0.25, 0.3) is 0 Å². The Morgan fingerprint density at radius 3 is 2.48 bits per heavy atom. The molecule has 1 aliphatic heterocycles. The standard InChI is InChI=1S/C16H20N4O5/c1-11(18-19-16(23)15(17)22)12-2-4-13(5-3-12)25-10-14(21)20-6-8-24-9-7-20/h2-5H,6-10H2,1H3,(H2,17,22)(H,19,23)/b18-11-. The van der Waals surface area contributed by atoms with Crippen LogP contribution in [0.15, 0.2) is 29.4 Å². The largest absolute Gasteiger partial charge is 0.484 e. The van der Waals surface area contributed by atoms with Gasteiger partial charge in [0.25, 0.3) is 5.91 Å². The Bertz CT molecular complexity index is 666. The number of nitrogens with zero attached hydrogens (tertiary/aromatic N) is 2. The third-order valence-electron chi connectivity index (χ3n) is 3.55. The predicted octanol–water partition coefficient (Wildman–Crippen LogP) is -0.750. The van der Waals surface area contributed by atoms with Crippen molar-refractivity contribution in [2.24, 2.45) is 10.8 Å². The molecule has 0 aromatic heterocycles. The second kappa shape index (κ2) is 8.78. The molecule has 1 saturated heterocycles. The lowest BCUT2D eigenvalue weighted by molar-refractivity contribution is -0.137. The lowest BCUT2D eigenvalue weighted by Gasteiger charge is -2.26. The van der Waals surface area contributed by atoms with Gasteiger partial charge in [-0.1, -0.05) is 0 Å². The maximum absolute atomic E-state index is 12.0. The summed E-state index contributed by atoms with van der Waals surface area (Å²) in [5.41, 5.74) is 8.08. The molecule has 0 aliphatic carbocycles. The average Bonchev–Trinajstić information content (AvgIpc) is 2.64. The fraction of sp³-hybridized carbons (Fsp3) is 0.375. The van der Waals surface area contributed by atoms with Crippen LogP contribution in [0.5, 0.6) is 5.75 Å². The van der Waals surface area contributed by atoms with Crippen molar-refractivity contribution in [3.63, 3.8) is 0 Å². The molecule has 134 valence electrons. The number of nitrogens with one attached hydrogen (secondary N) is 1. The molecular formula is C16H20N4O5. The van der Waals surface area contributed by atoms with Gasteiger partial charge in [0.15, 0.2) is 6.61 Å². The molecule has 9 heteroatoms. The number of nitrogens with two attached hydrogens (primary N) is 1. The summed E-state index contributed by atoms with van der Waals surface area (Å²) >= 11 is 0. The predicted molar refractivity (Wildman–Crippen MR) is 88.9 cm³/mol. The minimum Gasteiger partial charge on any atom is -0.484 e. The van der Waals surface area contributed by atoms with Crippen LogP contribution in [0.3, 0.4) is 0 Å². The van der Waals surface area contributed by atoms with E-state index in [9.17, 15) is 14.4 Å². The Hall–Kier alpha value is -2.94. The van der Waals surface area contributed by atoms with Gasteiger partial charge in [-0.2, -0.15) is 5.10 Å². The zero-order chi connectivity index (χ0) is 18.2. The lowest BCUT2D eigenvalue weighted by atomic mass is 10.1. The van der Waals surface area contributed by atoms with Crippen molar-refractivity contribution in [1.82, 2.24) is 10.3 Å². The Morgan fingerprint density at radius 2 is 1.88 bits per heavy atom. The highest BCUT2D eigenvalue weighted by Crippen LogP contribution is 2.13. The summed E-state index contributed by atoms with van der Waals surface area (Å²) in [5.74, 6) is -1.63. The van der Waals surface area contributed by atoms with Crippen LogP contribution in [0.1, 0.15) is 12.5 Å². The van der Waals surface area contributed by atoms with Crippen molar-refractivity contribution in [2.45, 2.75) is 6.92 Å². The molecule has 0 atom stereocenters. The third-order valence-corrected chi connectivity index (χ3v) is 3.55. The fourth-order valence-corrected chi connectivity index (χ4v) is 2.10. The number of carbonyl (C=O) groups excluding carboxylic acids is 3. The summed E-state index contributed by atoms with van der Waals surface area (Å²) in [5, 5.41) is 3.78. The first-order valence-electron chi connectivity index (χ1n) is 7.70. The SMILES string of the molecule is C/C(=N/NC(=O)C(N)=O)c1ccc(OCC(=O)N2CCOCC2)cc1. The molecule has 2 rings (SSSR count). The zero-order valence-electron chi connectivity index (χ0n) is 13.9. The quantitative estimate of drug-likeness (QED) is 0.412. The van der Waals surface area contributed by atoms with Crippen molar-refractivity contribution < 1.29 is 23.9 Å². The van der Waals surface area contributed by atoms with Gasteiger partial charge in [-0.15, -0.1) is 0 Å². The molecule has 3 amide bonds. The minimum atomic E-state index is -1.11. The smallest absolute Gasteiger partial charge is 0.329 e. The summed E-state index contributed by atoms with van der Waals surface area (Å²) < 4.78 is 10.7. The number of primary amides is 1. The van der Waals surface area contributed by atoms with Gasteiger partial charge in [0.1, 0.15) is 5.75 Å². The van der Waals surface area contributed by atoms with Crippen molar-refractivity contribution in [3.05, 3.63) is 29.8 Å². The molecule has 1 aliphatic rings. The van der Waals surface area contributed by atoms with Gasteiger partial charge in [0, 0.05) is 13.1 Å². The van der Waals surface area contributed by atoms with Crippen molar-refractivity contribution in [1.29, 1.82) is 0 Å². The van der Waals surface area contributed by atoms with Crippen molar-refractivity contribution in [3.8, 4) is 5.75 Å². The number of morpholine rings is 1. The number of rotatable bonds is 5. The van der Waals surface area contributed by atoms with Crippen LogP contribution >= 0.6 is 0 Å². The summed E-state index contributed by atoms with van der Waals surface area (Å²) in [6.07, 6.45) is 0. The molecule has 9 nitrogen and oxygen atoms in total. The second-order valence-electron chi connectivity index (χ2n) is 5.31. The van der Waals surface area contributed by atoms with E-state index in [1.165, 1.54) is 0 Å². The second-order valence-corrected chi connectivity index (χ2v) is 5.31. The van der Waals surface area contributed by atoms with Gasteiger partial charge in [-0.3, -0.25) is 14.4 Å². The van der Waals surface area contributed by atoms with Gasteiger partial charge in [-0.25, -0.2) is 5.43 Å². The highest BCUT2D eigenvalue weighted by atomic mass is 16.5. The highest BCUT2D eigenvalue weighted by molar-refractivity contribution is 6.34. The van der Waals surface area contributed by atoms with Gasteiger partial charge in [0.2, 0.25) is 0 Å². The molecule has 0 radical (unpaired) electrons. The van der Waals surface area contributed by atoms with Gasteiger partial charge >= 0.3 is 11.8 Å². The van der Waals surface area contributed by atoms with Crippen molar-refractivity contribution in [2.75, 3.05) is 32.9 Å². The van der Waals surface area contributed by atoms with Gasteiger partial charge in [-0.05, 0) is 36.8 Å². The van der Waals surface area contributed by atoms with E-state index in [0.717, 1.165) is 5.56 Å². The van der Waals surface area contributed by atoms with Crippen LogP contribution in [0, 0.1) is 0 Å².